The number of aliphatic hydroxyl groups excluding tert-OH is 1. The first-order chi connectivity index (χ1) is 14.1. The van der Waals surface area contributed by atoms with E-state index in [2.05, 4.69) is 35.9 Å². The Bertz CT molecular complexity index is 766. The Labute approximate surface area is 175 Å². The van der Waals surface area contributed by atoms with Crippen LogP contribution in [0, 0.1) is 6.92 Å². The zero-order valence-electron chi connectivity index (χ0n) is 18.3. The van der Waals surface area contributed by atoms with E-state index in [4.69, 9.17) is 5.11 Å². The van der Waals surface area contributed by atoms with Crippen LogP contribution >= 0.6 is 0 Å². The quantitative estimate of drug-likeness (QED) is 0.362. The highest BCUT2D eigenvalue weighted by atomic mass is 16.3. The minimum Gasteiger partial charge on any atom is -0.508 e. The Morgan fingerprint density at radius 2 is 1.69 bits per heavy atom. The summed E-state index contributed by atoms with van der Waals surface area (Å²) in [7, 11) is 2.77. The first kappa shape index (κ1) is 26.0. The maximum atomic E-state index is 9.42. The molecule has 5 heteroatoms. The van der Waals surface area contributed by atoms with Crippen molar-refractivity contribution in [1.29, 1.82) is 0 Å². The number of aromatic hydroxyl groups is 1. The van der Waals surface area contributed by atoms with Crippen molar-refractivity contribution in [3.8, 4) is 5.75 Å². The molecule has 5 nitrogen and oxygen atoms in total. The second-order valence-electron chi connectivity index (χ2n) is 5.84. The number of hydrazone groups is 1. The number of allylic oxidation sites excluding steroid dienone is 4. The fourth-order valence-corrected chi connectivity index (χ4v) is 2.55. The van der Waals surface area contributed by atoms with Crippen LogP contribution in [0.25, 0.3) is 10.8 Å². The summed E-state index contributed by atoms with van der Waals surface area (Å²) >= 11 is 0. The van der Waals surface area contributed by atoms with E-state index < -0.39 is 0 Å². The van der Waals surface area contributed by atoms with Gasteiger partial charge in [0.05, 0.1) is 0 Å². The number of benzene rings is 2. The zero-order chi connectivity index (χ0) is 22.1. The first-order valence-electron chi connectivity index (χ1n) is 9.64. The number of likely N-dealkylation sites (N-methyl/N-ethyl adjacent to an activating group) is 1. The molecule has 0 fully saturated rings. The highest BCUT2D eigenvalue weighted by Crippen LogP contribution is 2.23. The normalized spacial score (nSPS) is 10.9. The number of nitrogens with one attached hydrogen (secondary N) is 1. The summed E-state index contributed by atoms with van der Waals surface area (Å²) in [5, 5.41) is 22.5. The van der Waals surface area contributed by atoms with Crippen molar-refractivity contribution in [2.24, 2.45) is 5.10 Å². The molecule has 0 saturated carbocycles. The van der Waals surface area contributed by atoms with Gasteiger partial charge in [-0.15, -0.1) is 0 Å². The SMILES string of the molecule is C=C\C(=C/C=C/C=N/NC)N(CC)CC.CO.Cc1cc2ccccc2cc1O. The average molecular weight is 398 g/mol. The summed E-state index contributed by atoms with van der Waals surface area (Å²) in [6.45, 7) is 12.0. The monoisotopic (exact) mass is 397 g/mol. The molecule has 0 radical (unpaired) electrons. The van der Waals surface area contributed by atoms with Gasteiger partial charge in [-0.1, -0.05) is 36.9 Å². The average Bonchev–Trinajstić information content (AvgIpc) is 2.75. The van der Waals surface area contributed by atoms with Crippen molar-refractivity contribution in [2.45, 2.75) is 20.8 Å². The molecule has 0 saturated heterocycles. The fraction of sp³-hybridized carbons (Fsp3) is 0.292. The van der Waals surface area contributed by atoms with Gasteiger partial charge in [-0.3, -0.25) is 0 Å². The molecule has 0 amide bonds. The van der Waals surface area contributed by atoms with Crippen molar-refractivity contribution in [3.05, 3.63) is 78.5 Å². The van der Waals surface area contributed by atoms with Crippen LogP contribution in [0.4, 0.5) is 0 Å². The molecule has 0 unspecified atom stereocenters. The molecule has 0 heterocycles. The Hall–Kier alpha value is -3.05. The molecule has 0 aliphatic heterocycles. The van der Waals surface area contributed by atoms with Crippen LogP contribution in [0.1, 0.15) is 19.4 Å². The smallest absolute Gasteiger partial charge is 0.119 e. The third kappa shape index (κ3) is 9.63. The Balaban J connectivity index is 0.000000504. The summed E-state index contributed by atoms with van der Waals surface area (Å²) in [5.74, 6) is 0.369. The van der Waals surface area contributed by atoms with Crippen LogP contribution in [0.3, 0.4) is 0 Å². The number of hydrogen-bond donors (Lipinski definition) is 3. The Kier molecular flexibility index (Phi) is 14.3. The minimum absolute atomic E-state index is 0.369. The third-order valence-corrected chi connectivity index (χ3v) is 4.07. The van der Waals surface area contributed by atoms with Crippen LogP contribution in [0.5, 0.6) is 5.75 Å². The molecule has 2 rings (SSSR count). The van der Waals surface area contributed by atoms with Crippen LogP contribution in [0.15, 0.2) is 78.1 Å². The number of aryl methyl sites for hydroxylation is 1. The van der Waals surface area contributed by atoms with Gasteiger partial charge in [-0.25, -0.2) is 0 Å². The molecule has 158 valence electrons. The van der Waals surface area contributed by atoms with Gasteiger partial charge in [0.1, 0.15) is 5.75 Å². The maximum absolute atomic E-state index is 9.42. The van der Waals surface area contributed by atoms with Crippen LogP contribution in [-0.4, -0.2) is 48.6 Å². The van der Waals surface area contributed by atoms with Gasteiger partial charge in [0.25, 0.3) is 0 Å². The first-order valence-corrected chi connectivity index (χ1v) is 9.64. The number of phenols is 1. The highest BCUT2D eigenvalue weighted by molar-refractivity contribution is 5.84. The van der Waals surface area contributed by atoms with Gasteiger partial charge in [0.2, 0.25) is 0 Å². The molecule has 0 bridgehead atoms. The lowest BCUT2D eigenvalue weighted by molar-refractivity contribution is 0.395. The summed E-state index contributed by atoms with van der Waals surface area (Å²) in [6.07, 6.45) is 9.44. The summed E-state index contributed by atoms with van der Waals surface area (Å²) in [6, 6.07) is 11.8. The standard InChI is InChI=1S/C12H21N3.C11H10O.CH4O/c1-5-12(15(6-2)7-3)10-8-9-11-14-13-4;1-8-6-9-4-2-3-5-10(9)7-11(8)12;1-2/h5,8-11,13H,1,6-7H2,2-4H3;2-7,12H,1H3;2H,1H3/b9-8+,12-10+,14-11+;;. The third-order valence-electron chi connectivity index (χ3n) is 4.07. The fourth-order valence-electron chi connectivity index (χ4n) is 2.55. The zero-order valence-corrected chi connectivity index (χ0v) is 18.3. The van der Waals surface area contributed by atoms with E-state index in [0.29, 0.717) is 5.75 Å². The molecule has 29 heavy (non-hydrogen) atoms. The van der Waals surface area contributed by atoms with Gasteiger partial charge in [-0.2, -0.15) is 5.10 Å². The molecule has 0 aliphatic rings. The minimum atomic E-state index is 0.369. The molecule has 0 atom stereocenters. The van der Waals surface area contributed by atoms with Gasteiger partial charge in [0, 0.05) is 39.2 Å². The molecule has 3 N–H and O–H groups in total. The number of hydrogen-bond acceptors (Lipinski definition) is 5. The van der Waals surface area contributed by atoms with Gasteiger partial charge < -0.3 is 20.5 Å². The summed E-state index contributed by atoms with van der Waals surface area (Å²) < 4.78 is 0. The topological polar surface area (TPSA) is 68.1 Å². The van der Waals surface area contributed by atoms with Crippen molar-refractivity contribution in [1.82, 2.24) is 10.3 Å². The maximum Gasteiger partial charge on any atom is 0.119 e. The lowest BCUT2D eigenvalue weighted by atomic mass is 10.1. The van der Waals surface area contributed by atoms with Gasteiger partial charge in [0.15, 0.2) is 0 Å². The largest absolute Gasteiger partial charge is 0.508 e. The van der Waals surface area contributed by atoms with Crippen molar-refractivity contribution < 1.29 is 10.2 Å². The Morgan fingerprint density at radius 1 is 1.10 bits per heavy atom. The predicted octanol–water partition coefficient (Wildman–Crippen LogP) is 4.62. The summed E-state index contributed by atoms with van der Waals surface area (Å²) in [4.78, 5) is 2.24. The van der Waals surface area contributed by atoms with Gasteiger partial charge in [-0.05, 0) is 67.5 Å². The highest BCUT2D eigenvalue weighted by Gasteiger charge is 1.99. The van der Waals surface area contributed by atoms with Crippen LogP contribution in [-0.2, 0) is 0 Å². The lowest BCUT2D eigenvalue weighted by Crippen LogP contribution is -2.20. The lowest BCUT2D eigenvalue weighted by Gasteiger charge is -2.21. The summed E-state index contributed by atoms with van der Waals surface area (Å²) in [5.41, 5.74) is 4.74. The molecular weight excluding hydrogens is 362 g/mol. The Morgan fingerprint density at radius 3 is 2.21 bits per heavy atom. The van der Waals surface area contributed by atoms with E-state index >= 15 is 0 Å². The predicted molar refractivity (Wildman–Crippen MR) is 126 cm³/mol. The number of fused-ring (bicyclic) bond motifs is 1. The van der Waals surface area contributed by atoms with E-state index in [9.17, 15) is 5.11 Å². The van der Waals surface area contributed by atoms with Crippen molar-refractivity contribution in [3.63, 3.8) is 0 Å². The number of phenolic OH excluding ortho intramolecular Hbond substituents is 1. The van der Waals surface area contributed by atoms with E-state index in [0.717, 1.165) is 36.8 Å². The van der Waals surface area contributed by atoms with Crippen molar-refractivity contribution >= 4 is 17.0 Å². The van der Waals surface area contributed by atoms with Gasteiger partial charge >= 0.3 is 0 Å². The number of aliphatic hydroxyl groups is 1. The molecule has 2 aromatic rings. The number of rotatable bonds is 7. The van der Waals surface area contributed by atoms with Crippen LogP contribution in [0.2, 0.25) is 0 Å². The van der Waals surface area contributed by atoms with E-state index in [1.165, 1.54) is 5.39 Å². The second kappa shape index (κ2) is 16.0. The molecule has 0 aromatic heterocycles. The van der Waals surface area contributed by atoms with E-state index in [1.807, 2.05) is 61.6 Å². The molecule has 0 aliphatic carbocycles. The van der Waals surface area contributed by atoms with E-state index in [-0.39, 0.29) is 0 Å². The second-order valence-corrected chi connectivity index (χ2v) is 5.84. The number of nitrogens with zero attached hydrogens (tertiary/aromatic N) is 2. The molecular formula is C24H35N3O2. The van der Waals surface area contributed by atoms with E-state index in [1.54, 1.807) is 19.3 Å². The molecule has 0 spiro atoms. The molecule has 2 aromatic carbocycles. The van der Waals surface area contributed by atoms with Crippen LogP contribution < -0.4 is 5.43 Å². The van der Waals surface area contributed by atoms with Crippen molar-refractivity contribution in [2.75, 3.05) is 27.2 Å².